The predicted molar refractivity (Wildman–Crippen MR) is 79.8 cm³/mol. The summed E-state index contributed by atoms with van der Waals surface area (Å²) >= 11 is 0. The van der Waals surface area contributed by atoms with Crippen LogP contribution in [0.2, 0.25) is 0 Å². The smallest absolute Gasteiger partial charge is 0.340 e. The monoisotopic (exact) mass is 336 g/mol. The summed E-state index contributed by atoms with van der Waals surface area (Å²) in [5.74, 6) is -0.316. The summed E-state index contributed by atoms with van der Waals surface area (Å²) in [4.78, 5) is 18.1. The number of nitrogens with zero attached hydrogens (tertiary/aromatic N) is 4. The van der Waals surface area contributed by atoms with Crippen molar-refractivity contribution in [3.8, 4) is 0 Å². The Hall–Kier alpha value is -3.17. The van der Waals surface area contributed by atoms with Gasteiger partial charge in [0, 0.05) is 24.4 Å². The maximum atomic E-state index is 12.9. The number of fused-ring (bicyclic) bond motifs is 1. The van der Waals surface area contributed by atoms with Crippen LogP contribution in [-0.2, 0) is 11.0 Å². The van der Waals surface area contributed by atoms with Crippen molar-refractivity contribution in [3.63, 3.8) is 0 Å². The molecule has 124 valence electrons. The summed E-state index contributed by atoms with van der Waals surface area (Å²) < 4.78 is 39.9. The Morgan fingerprint density at radius 3 is 2.46 bits per heavy atom. The van der Waals surface area contributed by atoms with E-state index < -0.39 is 11.9 Å². The third-order valence-corrected chi connectivity index (χ3v) is 3.02. The Morgan fingerprint density at radius 2 is 1.83 bits per heavy atom. The first kappa shape index (κ1) is 15.7. The predicted octanol–water partition coefficient (Wildman–Crippen LogP) is 2.85. The van der Waals surface area contributed by atoms with E-state index in [0.29, 0.717) is 11.4 Å². The van der Waals surface area contributed by atoms with Crippen LogP contribution in [0.1, 0.15) is 12.6 Å². The summed E-state index contributed by atoms with van der Waals surface area (Å²) in [5, 5.41) is 9.28. The number of hydrogen-bond acceptors (Lipinski definition) is 5. The summed E-state index contributed by atoms with van der Waals surface area (Å²) in [7, 11) is 0. The molecule has 7 nitrogen and oxygen atoms in total. The molecule has 2 aromatic heterocycles. The number of benzene rings is 1. The van der Waals surface area contributed by atoms with Crippen LogP contribution in [0.25, 0.3) is 5.78 Å². The molecule has 0 unspecified atom stereocenters. The Balaban J connectivity index is 1.94. The number of anilines is 3. The molecular weight excluding hydrogens is 325 g/mol. The zero-order chi connectivity index (χ0) is 17.3. The maximum Gasteiger partial charge on any atom is 0.433 e. The largest absolute Gasteiger partial charge is 0.433 e. The van der Waals surface area contributed by atoms with E-state index in [0.717, 1.165) is 16.9 Å². The number of aromatic nitrogens is 4. The third kappa shape index (κ3) is 3.26. The van der Waals surface area contributed by atoms with E-state index in [9.17, 15) is 18.0 Å². The van der Waals surface area contributed by atoms with Gasteiger partial charge in [-0.2, -0.15) is 27.8 Å². The molecule has 24 heavy (non-hydrogen) atoms. The first-order valence-corrected chi connectivity index (χ1v) is 6.75. The summed E-state index contributed by atoms with van der Waals surface area (Å²) in [6.45, 7) is 1.38. The first-order chi connectivity index (χ1) is 11.3. The van der Waals surface area contributed by atoms with Gasteiger partial charge in [-0.3, -0.25) is 4.79 Å². The van der Waals surface area contributed by atoms with Crippen molar-refractivity contribution in [1.82, 2.24) is 19.6 Å². The lowest BCUT2D eigenvalue weighted by Crippen LogP contribution is -2.12. The zero-order valence-corrected chi connectivity index (χ0v) is 12.3. The van der Waals surface area contributed by atoms with Gasteiger partial charge in [0.25, 0.3) is 5.78 Å². The summed E-state index contributed by atoms with van der Waals surface area (Å²) in [6.07, 6.45) is -3.48. The van der Waals surface area contributed by atoms with E-state index in [1.165, 1.54) is 6.92 Å². The molecule has 0 fully saturated rings. The van der Waals surface area contributed by atoms with Gasteiger partial charge in [-0.05, 0) is 24.3 Å². The quantitative estimate of drug-likeness (QED) is 0.768. The summed E-state index contributed by atoms with van der Waals surface area (Å²) in [6, 6.07) is 7.31. The average molecular weight is 336 g/mol. The molecule has 2 heterocycles. The van der Waals surface area contributed by atoms with Gasteiger partial charge in [0.2, 0.25) is 5.91 Å². The van der Waals surface area contributed by atoms with Crippen LogP contribution in [0.4, 0.5) is 30.4 Å². The zero-order valence-electron chi connectivity index (χ0n) is 12.3. The minimum Gasteiger partial charge on any atom is -0.340 e. The van der Waals surface area contributed by atoms with Crippen LogP contribution in [0, 0.1) is 0 Å². The highest BCUT2D eigenvalue weighted by atomic mass is 19.4. The van der Waals surface area contributed by atoms with E-state index in [-0.39, 0.29) is 17.5 Å². The Bertz CT molecular complexity index is 888. The fourth-order valence-corrected chi connectivity index (χ4v) is 2.03. The second kappa shape index (κ2) is 5.80. The van der Waals surface area contributed by atoms with E-state index in [1.807, 2.05) is 0 Å². The lowest BCUT2D eigenvalue weighted by molar-refractivity contribution is -0.141. The fraction of sp³-hybridized carbons (Fsp3) is 0.143. The normalized spacial score (nSPS) is 11.5. The molecule has 1 amide bonds. The van der Waals surface area contributed by atoms with Crippen LogP contribution < -0.4 is 10.6 Å². The molecule has 0 saturated heterocycles. The van der Waals surface area contributed by atoms with Crippen molar-refractivity contribution in [3.05, 3.63) is 42.4 Å². The highest BCUT2D eigenvalue weighted by molar-refractivity contribution is 5.88. The van der Waals surface area contributed by atoms with E-state index in [4.69, 9.17) is 0 Å². The third-order valence-electron chi connectivity index (χ3n) is 3.02. The van der Waals surface area contributed by atoms with Gasteiger partial charge < -0.3 is 10.6 Å². The molecule has 3 rings (SSSR count). The van der Waals surface area contributed by atoms with Crippen molar-refractivity contribution in [1.29, 1.82) is 0 Å². The van der Waals surface area contributed by atoms with Crippen molar-refractivity contribution in [2.45, 2.75) is 13.1 Å². The maximum absolute atomic E-state index is 12.9. The second-order valence-electron chi connectivity index (χ2n) is 4.88. The van der Waals surface area contributed by atoms with Crippen molar-refractivity contribution < 1.29 is 18.0 Å². The first-order valence-electron chi connectivity index (χ1n) is 6.75. The molecule has 0 saturated carbocycles. The molecule has 1 aromatic carbocycles. The highest BCUT2D eigenvalue weighted by Gasteiger charge is 2.34. The second-order valence-corrected chi connectivity index (χ2v) is 4.88. The minimum absolute atomic E-state index is 0.0668. The number of hydrogen-bond donors (Lipinski definition) is 2. The molecule has 0 atom stereocenters. The van der Waals surface area contributed by atoms with Crippen molar-refractivity contribution in [2.24, 2.45) is 0 Å². The number of amides is 1. The lowest BCUT2D eigenvalue weighted by atomic mass is 10.2. The number of alkyl halides is 3. The van der Waals surface area contributed by atoms with Gasteiger partial charge in [-0.15, -0.1) is 0 Å². The average Bonchev–Trinajstić information content (AvgIpc) is 2.96. The standard InChI is InChI=1S/C14H11F3N6O/c1-8(24)20-9-2-4-10(5-3-9)21-12-6-11(14(15,16)17)22-13-18-7-19-23(12)13/h2-7,21H,1H3,(H,20,24). The van der Waals surface area contributed by atoms with Gasteiger partial charge in [0.1, 0.15) is 12.1 Å². The van der Waals surface area contributed by atoms with Crippen LogP contribution >= 0.6 is 0 Å². The Labute approximate surface area is 133 Å². The molecule has 2 N–H and O–H groups in total. The van der Waals surface area contributed by atoms with Gasteiger partial charge in [0.05, 0.1) is 0 Å². The van der Waals surface area contributed by atoms with Crippen molar-refractivity contribution >= 4 is 28.9 Å². The number of nitrogens with one attached hydrogen (secondary N) is 2. The molecule has 0 aliphatic rings. The number of rotatable bonds is 3. The van der Waals surface area contributed by atoms with E-state index in [1.54, 1.807) is 24.3 Å². The SMILES string of the molecule is CC(=O)Nc1ccc(Nc2cc(C(F)(F)F)nc3ncnn23)cc1. The Morgan fingerprint density at radius 1 is 1.17 bits per heavy atom. The van der Waals surface area contributed by atoms with E-state index >= 15 is 0 Å². The summed E-state index contributed by atoms with van der Waals surface area (Å²) in [5.41, 5.74) is 0.0188. The number of halogens is 3. The molecular formula is C14H11F3N6O. The number of carbonyl (C=O) groups is 1. The lowest BCUT2D eigenvalue weighted by Gasteiger charge is -2.12. The molecule has 0 bridgehead atoms. The number of carbonyl (C=O) groups excluding carboxylic acids is 1. The molecule has 0 radical (unpaired) electrons. The van der Waals surface area contributed by atoms with Crippen LogP contribution in [-0.4, -0.2) is 25.5 Å². The molecule has 0 aliphatic carbocycles. The van der Waals surface area contributed by atoms with Gasteiger partial charge >= 0.3 is 6.18 Å². The molecule has 10 heteroatoms. The molecule has 0 spiro atoms. The van der Waals surface area contributed by atoms with Crippen LogP contribution in [0.5, 0.6) is 0 Å². The van der Waals surface area contributed by atoms with Crippen molar-refractivity contribution in [2.75, 3.05) is 10.6 Å². The fourth-order valence-electron chi connectivity index (χ4n) is 2.03. The molecule has 0 aliphatic heterocycles. The van der Waals surface area contributed by atoms with Crippen LogP contribution in [0.3, 0.4) is 0 Å². The molecule has 3 aromatic rings. The van der Waals surface area contributed by atoms with Crippen LogP contribution in [0.15, 0.2) is 36.7 Å². The topological polar surface area (TPSA) is 84.2 Å². The Kier molecular flexibility index (Phi) is 3.80. The highest BCUT2D eigenvalue weighted by Crippen LogP contribution is 2.30. The van der Waals surface area contributed by atoms with Gasteiger partial charge in [0.15, 0.2) is 5.69 Å². The minimum atomic E-state index is -4.60. The van der Waals surface area contributed by atoms with Gasteiger partial charge in [-0.25, -0.2) is 4.98 Å². The van der Waals surface area contributed by atoms with E-state index in [2.05, 4.69) is 25.7 Å². The van der Waals surface area contributed by atoms with Gasteiger partial charge in [-0.1, -0.05) is 0 Å².